The molecule has 53 heavy (non-hydrogen) atoms. The summed E-state index contributed by atoms with van der Waals surface area (Å²) >= 11 is 0. The number of aromatic nitrogens is 2. The zero-order valence-electron chi connectivity index (χ0n) is 32.4. The summed E-state index contributed by atoms with van der Waals surface area (Å²) in [6.45, 7) is 15.9. The van der Waals surface area contributed by atoms with Crippen molar-refractivity contribution in [3.8, 4) is 5.69 Å². The molecule has 1 aromatic carbocycles. The Hall–Kier alpha value is -4.66. The van der Waals surface area contributed by atoms with Gasteiger partial charge in [-0.3, -0.25) is 14.7 Å². The van der Waals surface area contributed by atoms with E-state index in [0.29, 0.717) is 12.2 Å². The molecule has 2 heterocycles. The van der Waals surface area contributed by atoms with E-state index in [2.05, 4.69) is 26.3 Å². The zero-order chi connectivity index (χ0) is 38.8. The number of alkyl carbamates (subject to hydrolysis) is 2. The predicted molar refractivity (Wildman–Crippen MR) is 200 cm³/mol. The normalized spacial score (nSPS) is 21.8. The maximum absolute atomic E-state index is 13.2. The van der Waals surface area contributed by atoms with Gasteiger partial charge in [0.05, 0.1) is 5.69 Å². The molecule has 0 atom stereocenters. The SMILES string of the molecule is CC(C)(C)OC(=O)NC12CCC(NCc3ccc(-n4ccc(NC(=O)N5CCN(C(=O)C(C)(C)NC(=O)OC(C)(C)C)CC5)nc4=O)cc3)(CC1)CC2. The van der Waals surface area contributed by atoms with Crippen LogP contribution in [0.5, 0.6) is 0 Å². The highest BCUT2D eigenvalue weighted by atomic mass is 16.6. The molecule has 3 aliphatic carbocycles. The Morgan fingerprint density at radius 3 is 1.81 bits per heavy atom. The number of amides is 5. The van der Waals surface area contributed by atoms with Gasteiger partial charge in [-0.05, 0) is 118 Å². The van der Waals surface area contributed by atoms with Crippen molar-refractivity contribution in [2.45, 2.75) is 128 Å². The zero-order valence-corrected chi connectivity index (χ0v) is 32.4. The van der Waals surface area contributed by atoms with Crippen molar-refractivity contribution in [1.29, 1.82) is 0 Å². The number of carbonyl (C=O) groups excluding carboxylic acids is 4. The summed E-state index contributed by atoms with van der Waals surface area (Å²) in [5.74, 6) is -0.152. The van der Waals surface area contributed by atoms with Crippen LogP contribution >= 0.6 is 0 Å². The number of nitrogens with zero attached hydrogens (tertiary/aromatic N) is 4. The second kappa shape index (κ2) is 15.0. The van der Waals surface area contributed by atoms with Gasteiger partial charge in [0.25, 0.3) is 0 Å². The Morgan fingerprint density at radius 2 is 1.26 bits per heavy atom. The van der Waals surface area contributed by atoms with Crippen LogP contribution in [-0.2, 0) is 20.8 Å². The molecular formula is C38H56N8O7. The largest absolute Gasteiger partial charge is 0.444 e. The molecule has 290 valence electrons. The number of carbonyl (C=O) groups is 4. The Morgan fingerprint density at radius 1 is 0.736 bits per heavy atom. The van der Waals surface area contributed by atoms with Crippen LogP contribution in [-0.4, -0.2) is 97.5 Å². The van der Waals surface area contributed by atoms with Gasteiger partial charge in [-0.2, -0.15) is 4.98 Å². The van der Waals surface area contributed by atoms with Gasteiger partial charge in [0.2, 0.25) is 5.91 Å². The minimum Gasteiger partial charge on any atom is -0.444 e. The fraction of sp³-hybridized carbons (Fsp3) is 0.632. The number of fused-ring (bicyclic) bond motifs is 3. The number of hydrogen-bond acceptors (Lipinski definition) is 9. The van der Waals surface area contributed by atoms with E-state index in [9.17, 15) is 24.0 Å². The summed E-state index contributed by atoms with van der Waals surface area (Å²) in [6, 6.07) is 8.87. The van der Waals surface area contributed by atoms with E-state index in [1.54, 1.807) is 56.7 Å². The quantitative estimate of drug-likeness (QED) is 0.300. The Kier molecular flexibility index (Phi) is 11.2. The van der Waals surface area contributed by atoms with Crippen LogP contribution in [0, 0.1) is 0 Å². The summed E-state index contributed by atoms with van der Waals surface area (Å²) in [4.78, 5) is 71.1. The van der Waals surface area contributed by atoms with Gasteiger partial charge in [-0.15, -0.1) is 0 Å². The third-order valence-corrected chi connectivity index (χ3v) is 10.1. The Bertz CT molecular complexity index is 1710. The first-order valence-electron chi connectivity index (χ1n) is 18.5. The molecule has 1 saturated heterocycles. The highest BCUT2D eigenvalue weighted by Crippen LogP contribution is 2.47. The van der Waals surface area contributed by atoms with Crippen molar-refractivity contribution in [3.63, 3.8) is 0 Å². The topological polar surface area (TPSA) is 176 Å². The van der Waals surface area contributed by atoms with Gasteiger partial charge in [-0.1, -0.05) is 12.1 Å². The fourth-order valence-corrected chi connectivity index (χ4v) is 7.20. The van der Waals surface area contributed by atoms with E-state index in [0.717, 1.165) is 44.1 Å². The average Bonchev–Trinajstić information content (AvgIpc) is 3.06. The monoisotopic (exact) mass is 736 g/mol. The molecule has 3 saturated carbocycles. The Labute approximate surface area is 311 Å². The highest BCUT2D eigenvalue weighted by molar-refractivity contribution is 5.90. The van der Waals surface area contributed by atoms with Gasteiger partial charge in [0.15, 0.2) is 0 Å². The molecule has 6 rings (SSSR count). The number of anilines is 1. The lowest BCUT2D eigenvalue weighted by Gasteiger charge is -2.54. The van der Waals surface area contributed by atoms with Crippen molar-refractivity contribution in [2.24, 2.45) is 0 Å². The molecule has 1 aromatic heterocycles. The van der Waals surface area contributed by atoms with Crippen molar-refractivity contribution >= 4 is 29.9 Å². The third-order valence-electron chi connectivity index (χ3n) is 10.1. The van der Waals surface area contributed by atoms with E-state index < -0.39 is 34.6 Å². The first-order valence-corrected chi connectivity index (χ1v) is 18.5. The maximum Gasteiger partial charge on any atom is 0.408 e. The molecule has 0 unspecified atom stereocenters. The molecular weight excluding hydrogens is 680 g/mol. The first-order chi connectivity index (χ1) is 24.7. The molecule has 15 heteroatoms. The number of nitrogens with one attached hydrogen (secondary N) is 4. The van der Waals surface area contributed by atoms with Crippen LogP contribution in [0.15, 0.2) is 41.3 Å². The molecule has 5 amide bonds. The van der Waals surface area contributed by atoms with Gasteiger partial charge in [0, 0.05) is 50.0 Å². The van der Waals surface area contributed by atoms with E-state index in [1.165, 1.54) is 4.57 Å². The van der Waals surface area contributed by atoms with Crippen LogP contribution in [0.4, 0.5) is 20.2 Å². The Balaban J connectivity index is 1.08. The molecule has 4 N–H and O–H groups in total. The first kappa shape index (κ1) is 39.5. The second-order valence-corrected chi connectivity index (χ2v) is 17.1. The van der Waals surface area contributed by atoms with Crippen LogP contribution in [0.25, 0.3) is 5.69 Å². The van der Waals surface area contributed by atoms with Crippen molar-refractivity contribution in [2.75, 3.05) is 31.5 Å². The summed E-state index contributed by atoms with van der Waals surface area (Å²) < 4.78 is 12.2. The van der Waals surface area contributed by atoms with E-state index >= 15 is 0 Å². The minimum atomic E-state index is -1.19. The van der Waals surface area contributed by atoms with E-state index in [-0.39, 0.29) is 55.1 Å². The van der Waals surface area contributed by atoms with Crippen LogP contribution in [0.1, 0.15) is 99.5 Å². The number of hydrogen-bond donors (Lipinski definition) is 4. The van der Waals surface area contributed by atoms with Crippen LogP contribution in [0.3, 0.4) is 0 Å². The van der Waals surface area contributed by atoms with Gasteiger partial charge >= 0.3 is 23.9 Å². The van der Waals surface area contributed by atoms with E-state index in [4.69, 9.17) is 9.47 Å². The van der Waals surface area contributed by atoms with Gasteiger partial charge in [-0.25, -0.2) is 19.2 Å². The van der Waals surface area contributed by atoms with Gasteiger partial charge < -0.3 is 35.2 Å². The number of ether oxygens (including phenoxy) is 2. The fourth-order valence-electron chi connectivity index (χ4n) is 7.20. The lowest BCUT2D eigenvalue weighted by Crippen LogP contribution is -2.63. The molecule has 4 aliphatic rings. The van der Waals surface area contributed by atoms with Crippen LogP contribution in [0.2, 0.25) is 0 Å². The maximum atomic E-state index is 13.2. The summed E-state index contributed by atoms with van der Waals surface area (Å²) in [5, 5.41) is 12.3. The van der Waals surface area contributed by atoms with Crippen molar-refractivity contribution in [1.82, 2.24) is 35.3 Å². The predicted octanol–water partition coefficient (Wildman–Crippen LogP) is 4.67. The highest BCUT2D eigenvalue weighted by Gasteiger charge is 2.49. The number of piperazine rings is 1. The molecule has 15 nitrogen and oxygen atoms in total. The number of benzene rings is 1. The molecule has 1 aliphatic heterocycles. The average molecular weight is 737 g/mol. The lowest BCUT2D eigenvalue weighted by molar-refractivity contribution is -0.138. The second-order valence-electron chi connectivity index (χ2n) is 17.1. The van der Waals surface area contributed by atoms with E-state index in [1.807, 2.05) is 45.0 Å². The molecule has 0 spiro atoms. The number of urea groups is 1. The molecule has 2 aromatic rings. The summed E-state index contributed by atoms with van der Waals surface area (Å²) in [7, 11) is 0. The third kappa shape index (κ3) is 10.3. The molecule has 2 bridgehead atoms. The van der Waals surface area contributed by atoms with Crippen molar-refractivity contribution in [3.05, 3.63) is 52.6 Å². The van der Waals surface area contributed by atoms with Gasteiger partial charge in [0.1, 0.15) is 22.6 Å². The van der Waals surface area contributed by atoms with Crippen molar-refractivity contribution < 1.29 is 28.7 Å². The lowest BCUT2D eigenvalue weighted by atomic mass is 9.61. The summed E-state index contributed by atoms with van der Waals surface area (Å²) in [6.07, 6.45) is 6.24. The van der Waals surface area contributed by atoms with Crippen LogP contribution < -0.4 is 27.0 Å². The smallest absolute Gasteiger partial charge is 0.408 e. The standard InChI is InChI=1S/C38H56N8O7/c1-34(2,3)52-32(50)42-36(7,8)29(47)44-21-23-45(24-22-44)30(48)40-28-13-20-46(31(49)41-28)27-11-9-26(10-12-27)25-39-37-14-17-38(18-15-37,19-16-37)43-33(51)53-35(4,5)6/h9-13,20,39H,14-19,21-25H2,1-8H3,(H,42,50)(H,43,51)(H,40,41,48,49). The minimum absolute atomic E-state index is 0.0414. The molecule has 4 fully saturated rings. The summed E-state index contributed by atoms with van der Waals surface area (Å²) in [5.41, 5.74) is -1.35. The number of rotatable bonds is 8. The molecule has 0 radical (unpaired) electrons.